The third-order valence-corrected chi connectivity index (χ3v) is 3.89. The van der Waals surface area contributed by atoms with E-state index in [1.54, 1.807) is 25.1 Å². The number of nitrogens with one attached hydrogen (secondary N) is 1. The molecule has 0 aliphatic carbocycles. The molecule has 1 saturated heterocycles. The van der Waals surface area contributed by atoms with Gasteiger partial charge in [-0.3, -0.25) is 9.59 Å². The number of benzene rings is 1. The first kappa shape index (κ1) is 15.3. The van der Waals surface area contributed by atoms with Crippen LogP contribution in [0.5, 0.6) is 0 Å². The van der Waals surface area contributed by atoms with E-state index in [0.717, 1.165) is 31.5 Å². The Hall–Kier alpha value is -2.63. The van der Waals surface area contributed by atoms with Crippen LogP contribution in [0.3, 0.4) is 0 Å². The summed E-state index contributed by atoms with van der Waals surface area (Å²) in [6.07, 6.45) is 2.59. The number of aromatic nitrogens is 1. The van der Waals surface area contributed by atoms with E-state index >= 15 is 0 Å². The minimum atomic E-state index is -0.317. The molecule has 0 bridgehead atoms. The van der Waals surface area contributed by atoms with Gasteiger partial charge in [0.2, 0.25) is 5.91 Å². The Morgan fingerprint density at radius 1 is 1.22 bits per heavy atom. The maximum atomic E-state index is 12.1. The largest absolute Gasteiger partial charge is 0.361 e. The molecule has 23 heavy (non-hydrogen) atoms. The number of likely N-dealkylation sites (tertiary alicyclic amines) is 1. The van der Waals surface area contributed by atoms with Gasteiger partial charge in [0.15, 0.2) is 5.69 Å². The van der Waals surface area contributed by atoms with Gasteiger partial charge in [-0.15, -0.1) is 0 Å². The van der Waals surface area contributed by atoms with Crippen LogP contribution >= 0.6 is 0 Å². The summed E-state index contributed by atoms with van der Waals surface area (Å²) in [7, 11) is 0. The van der Waals surface area contributed by atoms with Gasteiger partial charge in [-0.2, -0.15) is 0 Å². The number of amides is 2. The van der Waals surface area contributed by atoms with Crippen molar-refractivity contribution >= 4 is 17.5 Å². The monoisotopic (exact) mass is 313 g/mol. The van der Waals surface area contributed by atoms with E-state index in [0.29, 0.717) is 17.9 Å². The summed E-state index contributed by atoms with van der Waals surface area (Å²) in [5.41, 5.74) is 1.85. The number of anilines is 1. The molecule has 6 heteroatoms. The van der Waals surface area contributed by atoms with Gasteiger partial charge >= 0.3 is 0 Å². The Kier molecular flexibility index (Phi) is 4.41. The van der Waals surface area contributed by atoms with Crippen LogP contribution in [0.4, 0.5) is 5.69 Å². The molecule has 3 rings (SSSR count). The lowest BCUT2D eigenvalue weighted by atomic mass is 10.1. The van der Waals surface area contributed by atoms with Crippen LogP contribution in [-0.4, -0.2) is 35.0 Å². The highest BCUT2D eigenvalue weighted by Gasteiger charge is 2.18. The van der Waals surface area contributed by atoms with Crippen molar-refractivity contribution in [2.24, 2.45) is 0 Å². The van der Waals surface area contributed by atoms with Gasteiger partial charge in [0.25, 0.3) is 5.91 Å². The number of hydrogen-bond donors (Lipinski definition) is 1. The van der Waals surface area contributed by atoms with Crippen molar-refractivity contribution in [1.29, 1.82) is 0 Å². The molecule has 1 N–H and O–H groups in total. The standard InChI is InChI=1S/C17H19N3O3/c1-12-10-15(19-23-12)17(22)18-14-6-4-13(5-7-14)11-16(21)20-8-2-3-9-20/h4-7,10H,2-3,8-9,11H2,1H3,(H,18,22). The Morgan fingerprint density at radius 2 is 1.91 bits per heavy atom. The lowest BCUT2D eigenvalue weighted by Gasteiger charge is -2.15. The topological polar surface area (TPSA) is 75.4 Å². The first-order valence-corrected chi connectivity index (χ1v) is 7.73. The van der Waals surface area contributed by atoms with Gasteiger partial charge in [0.05, 0.1) is 6.42 Å². The SMILES string of the molecule is Cc1cc(C(=O)Nc2ccc(CC(=O)N3CCCC3)cc2)no1. The van der Waals surface area contributed by atoms with Crippen molar-refractivity contribution in [2.75, 3.05) is 18.4 Å². The summed E-state index contributed by atoms with van der Waals surface area (Å²) in [5.74, 6) is 0.436. The third-order valence-electron chi connectivity index (χ3n) is 3.89. The molecule has 6 nitrogen and oxygen atoms in total. The van der Waals surface area contributed by atoms with Gasteiger partial charge < -0.3 is 14.7 Å². The predicted octanol–water partition coefficient (Wildman–Crippen LogP) is 2.40. The zero-order valence-corrected chi connectivity index (χ0v) is 13.0. The van der Waals surface area contributed by atoms with Crippen LogP contribution in [0.25, 0.3) is 0 Å². The lowest BCUT2D eigenvalue weighted by molar-refractivity contribution is -0.129. The molecule has 0 spiro atoms. The van der Waals surface area contributed by atoms with Crippen LogP contribution in [0.15, 0.2) is 34.9 Å². The number of hydrogen-bond acceptors (Lipinski definition) is 4. The molecule has 0 atom stereocenters. The van der Waals surface area contributed by atoms with Crippen molar-refractivity contribution < 1.29 is 14.1 Å². The van der Waals surface area contributed by atoms with E-state index in [1.165, 1.54) is 0 Å². The highest BCUT2D eigenvalue weighted by atomic mass is 16.5. The summed E-state index contributed by atoms with van der Waals surface area (Å²) < 4.78 is 4.88. The van der Waals surface area contributed by atoms with Crippen molar-refractivity contribution in [2.45, 2.75) is 26.2 Å². The fourth-order valence-corrected chi connectivity index (χ4v) is 2.63. The second kappa shape index (κ2) is 6.64. The van der Waals surface area contributed by atoms with E-state index in [1.807, 2.05) is 17.0 Å². The molecular weight excluding hydrogens is 294 g/mol. The molecule has 120 valence electrons. The van der Waals surface area contributed by atoms with Crippen molar-refractivity contribution in [3.63, 3.8) is 0 Å². The Labute approximate surface area is 134 Å². The summed E-state index contributed by atoms with van der Waals surface area (Å²) in [5, 5.41) is 6.43. The number of carbonyl (C=O) groups excluding carboxylic acids is 2. The van der Waals surface area contributed by atoms with E-state index in [-0.39, 0.29) is 17.5 Å². The maximum absolute atomic E-state index is 12.1. The molecule has 0 saturated carbocycles. The minimum Gasteiger partial charge on any atom is -0.361 e. The fourth-order valence-electron chi connectivity index (χ4n) is 2.63. The van der Waals surface area contributed by atoms with E-state index in [2.05, 4.69) is 10.5 Å². The summed E-state index contributed by atoms with van der Waals surface area (Å²) in [4.78, 5) is 26.0. The molecular formula is C17H19N3O3. The van der Waals surface area contributed by atoms with E-state index in [4.69, 9.17) is 4.52 Å². The summed E-state index contributed by atoms with van der Waals surface area (Å²) in [6, 6.07) is 8.88. The second-order valence-corrected chi connectivity index (χ2v) is 5.74. The second-order valence-electron chi connectivity index (χ2n) is 5.74. The Balaban J connectivity index is 1.58. The maximum Gasteiger partial charge on any atom is 0.277 e. The number of carbonyl (C=O) groups is 2. The molecule has 2 amide bonds. The Bertz CT molecular complexity index is 700. The predicted molar refractivity (Wildman–Crippen MR) is 85.2 cm³/mol. The smallest absolute Gasteiger partial charge is 0.277 e. The highest BCUT2D eigenvalue weighted by Crippen LogP contribution is 2.14. The third kappa shape index (κ3) is 3.77. The first-order valence-electron chi connectivity index (χ1n) is 7.73. The van der Waals surface area contributed by atoms with Crippen LogP contribution in [-0.2, 0) is 11.2 Å². The zero-order chi connectivity index (χ0) is 16.2. The number of aryl methyl sites for hydroxylation is 1. The zero-order valence-electron chi connectivity index (χ0n) is 13.0. The molecule has 1 aromatic carbocycles. The van der Waals surface area contributed by atoms with Crippen LogP contribution < -0.4 is 5.32 Å². The molecule has 1 fully saturated rings. The van der Waals surface area contributed by atoms with Crippen molar-refractivity contribution in [1.82, 2.24) is 10.1 Å². The molecule has 1 aliphatic heterocycles. The van der Waals surface area contributed by atoms with E-state index in [9.17, 15) is 9.59 Å². The molecule has 1 aromatic heterocycles. The minimum absolute atomic E-state index is 0.164. The van der Waals surface area contributed by atoms with Crippen molar-refractivity contribution in [3.05, 3.63) is 47.3 Å². The van der Waals surface area contributed by atoms with Gasteiger partial charge in [-0.1, -0.05) is 17.3 Å². The van der Waals surface area contributed by atoms with Gasteiger partial charge in [-0.25, -0.2) is 0 Å². The van der Waals surface area contributed by atoms with Gasteiger partial charge in [0, 0.05) is 24.8 Å². The van der Waals surface area contributed by atoms with Crippen molar-refractivity contribution in [3.8, 4) is 0 Å². The molecule has 2 heterocycles. The normalized spacial score (nSPS) is 14.0. The van der Waals surface area contributed by atoms with Gasteiger partial charge in [-0.05, 0) is 37.5 Å². The quantitative estimate of drug-likeness (QED) is 0.940. The molecule has 2 aromatic rings. The van der Waals surface area contributed by atoms with Crippen LogP contribution in [0.1, 0.15) is 34.7 Å². The van der Waals surface area contributed by atoms with E-state index < -0.39 is 0 Å². The summed E-state index contributed by atoms with van der Waals surface area (Å²) >= 11 is 0. The van der Waals surface area contributed by atoms with Crippen LogP contribution in [0.2, 0.25) is 0 Å². The molecule has 1 aliphatic rings. The Morgan fingerprint density at radius 3 is 2.52 bits per heavy atom. The average molecular weight is 313 g/mol. The van der Waals surface area contributed by atoms with Gasteiger partial charge in [0.1, 0.15) is 5.76 Å². The molecule has 0 unspecified atom stereocenters. The first-order chi connectivity index (χ1) is 11.1. The van der Waals surface area contributed by atoms with Crippen LogP contribution in [0, 0.1) is 6.92 Å². The number of nitrogens with zero attached hydrogens (tertiary/aromatic N) is 2. The lowest BCUT2D eigenvalue weighted by Crippen LogP contribution is -2.29. The highest BCUT2D eigenvalue weighted by molar-refractivity contribution is 6.02. The average Bonchev–Trinajstić information content (AvgIpc) is 3.20. The summed E-state index contributed by atoms with van der Waals surface area (Å²) in [6.45, 7) is 3.46. The fraction of sp³-hybridized carbons (Fsp3) is 0.353. The molecule has 0 radical (unpaired) electrons. The number of rotatable bonds is 4.